The molecule has 2 aromatic carbocycles. The smallest absolute Gasteiger partial charge is 0.256 e. The first kappa shape index (κ1) is 16.7. The third-order valence-corrected chi connectivity index (χ3v) is 4.32. The van der Waals surface area contributed by atoms with Crippen molar-refractivity contribution in [2.75, 3.05) is 5.32 Å². The zero-order chi connectivity index (χ0) is 18.8. The number of aryl methyl sites for hydroxylation is 1. The topological polar surface area (TPSA) is 75.1 Å². The summed E-state index contributed by atoms with van der Waals surface area (Å²) in [5, 5.41) is 13.6. The highest BCUT2D eigenvalue weighted by Gasteiger charge is 2.15. The van der Waals surface area contributed by atoms with E-state index in [4.69, 9.17) is 0 Å². The maximum absolute atomic E-state index is 13.0. The number of pyridine rings is 2. The van der Waals surface area contributed by atoms with Gasteiger partial charge in [0.1, 0.15) is 5.75 Å². The minimum atomic E-state index is -0.308. The van der Waals surface area contributed by atoms with Gasteiger partial charge in [0.05, 0.1) is 22.5 Å². The van der Waals surface area contributed by atoms with E-state index in [-0.39, 0.29) is 11.7 Å². The summed E-state index contributed by atoms with van der Waals surface area (Å²) in [6.45, 7) is 1.88. The van der Waals surface area contributed by atoms with E-state index in [2.05, 4.69) is 15.3 Å². The average Bonchev–Trinajstić information content (AvgIpc) is 2.70. The predicted octanol–water partition coefficient (Wildman–Crippen LogP) is 4.56. The van der Waals surface area contributed by atoms with Crippen LogP contribution in [0.3, 0.4) is 0 Å². The normalized spacial score (nSPS) is 10.7. The lowest BCUT2D eigenvalue weighted by molar-refractivity contribution is 0.102. The molecule has 5 nitrogen and oxygen atoms in total. The summed E-state index contributed by atoms with van der Waals surface area (Å²) in [5.74, 6) is -0.271. The maximum atomic E-state index is 13.0. The van der Waals surface area contributed by atoms with Gasteiger partial charge in [-0.1, -0.05) is 24.3 Å². The number of aromatic nitrogens is 2. The summed E-state index contributed by atoms with van der Waals surface area (Å²) >= 11 is 0. The number of rotatable bonds is 3. The Morgan fingerprint density at radius 2 is 1.89 bits per heavy atom. The largest absolute Gasteiger partial charge is 0.506 e. The molecule has 0 fully saturated rings. The van der Waals surface area contributed by atoms with Crippen LogP contribution in [0.25, 0.3) is 22.2 Å². The number of aromatic hydroxyl groups is 1. The third kappa shape index (κ3) is 3.35. The number of nitrogens with one attached hydrogen (secondary N) is 1. The standard InChI is InChI=1S/C22H17N3O2/c1-14-8-9-19(21(26)11-14)25-22(27)17-12-20(15-5-4-10-23-13-15)24-18-7-3-2-6-16(17)18/h2-13,26H,1H3,(H,25,27). The summed E-state index contributed by atoms with van der Waals surface area (Å²) in [7, 11) is 0. The van der Waals surface area contributed by atoms with Gasteiger partial charge in [0.15, 0.2) is 0 Å². The Bertz CT molecular complexity index is 1140. The van der Waals surface area contributed by atoms with Crippen molar-refractivity contribution in [1.29, 1.82) is 0 Å². The molecule has 0 aliphatic rings. The van der Waals surface area contributed by atoms with Crippen LogP contribution in [-0.2, 0) is 0 Å². The van der Waals surface area contributed by atoms with Crippen LogP contribution >= 0.6 is 0 Å². The minimum Gasteiger partial charge on any atom is -0.506 e. The fourth-order valence-corrected chi connectivity index (χ4v) is 2.96. The van der Waals surface area contributed by atoms with E-state index in [0.29, 0.717) is 16.9 Å². The fourth-order valence-electron chi connectivity index (χ4n) is 2.96. The molecule has 0 saturated carbocycles. The van der Waals surface area contributed by atoms with Gasteiger partial charge in [-0.15, -0.1) is 0 Å². The van der Waals surface area contributed by atoms with E-state index in [0.717, 1.165) is 22.0 Å². The molecule has 4 rings (SSSR count). The molecule has 0 saturated heterocycles. The van der Waals surface area contributed by atoms with Gasteiger partial charge in [0.25, 0.3) is 5.91 Å². The van der Waals surface area contributed by atoms with E-state index in [1.807, 2.05) is 49.4 Å². The molecule has 5 heteroatoms. The van der Waals surface area contributed by atoms with E-state index in [1.54, 1.807) is 30.6 Å². The summed E-state index contributed by atoms with van der Waals surface area (Å²) < 4.78 is 0. The molecule has 0 aliphatic carbocycles. The van der Waals surface area contributed by atoms with Crippen molar-refractivity contribution in [2.45, 2.75) is 6.92 Å². The molecule has 132 valence electrons. The molecule has 0 bridgehead atoms. The third-order valence-electron chi connectivity index (χ3n) is 4.32. The van der Waals surface area contributed by atoms with E-state index >= 15 is 0 Å². The number of amides is 1. The lowest BCUT2D eigenvalue weighted by Gasteiger charge is -2.11. The molecule has 0 spiro atoms. The van der Waals surface area contributed by atoms with Crippen LogP contribution in [-0.4, -0.2) is 21.0 Å². The molecule has 1 amide bonds. The highest BCUT2D eigenvalue weighted by molar-refractivity contribution is 6.13. The molecule has 4 aromatic rings. The van der Waals surface area contributed by atoms with Gasteiger partial charge in [0, 0.05) is 23.3 Å². The van der Waals surface area contributed by atoms with Gasteiger partial charge in [0.2, 0.25) is 0 Å². The van der Waals surface area contributed by atoms with Gasteiger partial charge in [-0.2, -0.15) is 0 Å². The van der Waals surface area contributed by atoms with Crippen molar-refractivity contribution in [3.05, 3.63) is 84.2 Å². The first-order valence-electron chi connectivity index (χ1n) is 8.53. The molecule has 0 aliphatic heterocycles. The van der Waals surface area contributed by atoms with Gasteiger partial charge in [-0.25, -0.2) is 4.98 Å². The van der Waals surface area contributed by atoms with Crippen LogP contribution in [0, 0.1) is 6.92 Å². The van der Waals surface area contributed by atoms with Crippen molar-refractivity contribution in [3.63, 3.8) is 0 Å². The molecule has 0 radical (unpaired) electrons. The Hall–Kier alpha value is -3.73. The Labute approximate surface area is 156 Å². The molecule has 0 atom stereocenters. The van der Waals surface area contributed by atoms with Crippen LogP contribution < -0.4 is 5.32 Å². The summed E-state index contributed by atoms with van der Waals surface area (Å²) in [6, 6.07) is 18.1. The number of fused-ring (bicyclic) bond motifs is 1. The second kappa shape index (κ2) is 6.88. The number of phenols is 1. The molecule has 2 N–H and O–H groups in total. The minimum absolute atomic E-state index is 0.0363. The molecule has 27 heavy (non-hydrogen) atoms. The first-order valence-corrected chi connectivity index (χ1v) is 8.53. The van der Waals surface area contributed by atoms with Crippen molar-refractivity contribution in [1.82, 2.24) is 9.97 Å². The SMILES string of the molecule is Cc1ccc(NC(=O)c2cc(-c3cccnc3)nc3ccccc23)c(O)c1. The van der Waals surface area contributed by atoms with Crippen LogP contribution in [0.2, 0.25) is 0 Å². The molecule has 0 unspecified atom stereocenters. The lowest BCUT2D eigenvalue weighted by Crippen LogP contribution is -2.13. The number of hydrogen-bond donors (Lipinski definition) is 2. The Kier molecular flexibility index (Phi) is 4.26. The molecule has 2 aromatic heterocycles. The molecule has 2 heterocycles. The van der Waals surface area contributed by atoms with Crippen molar-refractivity contribution < 1.29 is 9.90 Å². The van der Waals surface area contributed by atoms with E-state index in [9.17, 15) is 9.90 Å². The number of carbonyl (C=O) groups is 1. The van der Waals surface area contributed by atoms with Crippen molar-refractivity contribution in [3.8, 4) is 17.0 Å². The lowest BCUT2D eigenvalue weighted by atomic mass is 10.0. The zero-order valence-corrected chi connectivity index (χ0v) is 14.7. The number of phenolic OH excluding ortho intramolecular Hbond substituents is 1. The zero-order valence-electron chi connectivity index (χ0n) is 14.7. The van der Waals surface area contributed by atoms with Gasteiger partial charge in [-0.05, 0) is 48.9 Å². The highest BCUT2D eigenvalue weighted by atomic mass is 16.3. The first-order chi connectivity index (χ1) is 13.1. The predicted molar refractivity (Wildman–Crippen MR) is 106 cm³/mol. The van der Waals surface area contributed by atoms with Crippen LogP contribution in [0.4, 0.5) is 5.69 Å². The summed E-state index contributed by atoms with van der Waals surface area (Å²) in [5.41, 5.74) is 3.99. The Morgan fingerprint density at radius 3 is 2.67 bits per heavy atom. The quantitative estimate of drug-likeness (QED) is 0.528. The second-order valence-corrected chi connectivity index (χ2v) is 6.29. The Balaban J connectivity index is 1.81. The van der Waals surface area contributed by atoms with Crippen LogP contribution in [0.5, 0.6) is 5.75 Å². The highest BCUT2D eigenvalue weighted by Crippen LogP contribution is 2.28. The number of nitrogens with zero attached hydrogens (tertiary/aromatic N) is 2. The van der Waals surface area contributed by atoms with E-state index in [1.165, 1.54) is 0 Å². The maximum Gasteiger partial charge on any atom is 0.256 e. The van der Waals surface area contributed by atoms with Crippen LogP contribution in [0.15, 0.2) is 73.1 Å². The molecular formula is C22H17N3O2. The van der Waals surface area contributed by atoms with Gasteiger partial charge >= 0.3 is 0 Å². The molecular weight excluding hydrogens is 338 g/mol. The second-order valence-electron chi connectivity index (χ2n) is 6.29. The van der Waals surface area contributed by atoms with Crippen molar-refractivity contribution >= 4 is 22.5 Å². The number of hydrogen-bond acceptors (Lipinski definition) is 4. The summed E-state index contributed by atoms with van der Waals surface area (Å²) in [6.07, 6.45) is 3.41. The fraction of sp³-hybridized carbons (Fsp3) is 0.0455. The monoisotopic (exact) mass is 355 g/mol. The summed E-state index contributed by atoms with van der Waals surface area (Å²) in [4.78, 5) is 21.8. The Morgan fingerprint density at radius 1 is 1.04 bits per heavy atom. The van der Waals surface area contributed by atoms with E-state index < -0.39 is 0 Å². The van der Waals surface area contributed by atoms with Crippen LogP contribution in [0.1, 0.15) is 15.9 Å². The number of benzene rings is 2. The average molecular weight is 355 g/mol. The van der Waals surface area contributed by atoms with Gasteiger partial charge < -0.3 is 10.4 Å². The van der Waals surface area contributed by atoms with Gasteiger partial charge in [-0.3, -0.25) is 9.78 Å². The number of anilines is 1. The van der Waals surface area contributed by atoms with Crippen molar-refractivity contribution in [2.24, 2.45) is 0 Å². The number of para-hydroxylation sites is 1. The number of carbonyl (C=O) groups excluding carboxylic acids is 1.